The Morgan fingerprint density at radius 2 is 2.15 bits per heavy atom. The van der Waals surface area contributed by atoms with E-state index in [2.05, 4.69) is 6.07 Å². The minimum absolute atomic E-state index is 0.0249. The normalized spacial score (nSPS) is 22.1. The standard InChI is InChI=1S/C16H16NO3/c17-16(19)15-9-13(20-12-6-5-11(18)8-12)7-10-3-1-2-4-14(10)15/h1-4,7,11-12,18H,5-6,8H2,(H2,17,19). The minimum atomic E-state index is -0.516. The molecule has 2 atom stereocenters. The van der Waals surface area contributed by atoms with E-state index in [1.165, 1.54) is 0 Å². The molecule has 1 amide bonds. The smallest absolute Gasteiger partial charge is 0.250 e. The van der Waals surface area contributed by atoms with Gasteiger partial charge in [-0.2, -0.15) is 0 Å². The van der Waals surface area contributed by atoms with Crippen LogP contribution in [0.1, 0.15) is 29.6 Å². The van der Waals surface area contributed by atoms with E-state index in [1.807, 2.05) is 30.3 Å². The summed E-state index contributed by atoms with van der Waals surface area (Å²) in [6.07, 6.45) is 1.86. The van der Waals surface area contributed by atoms with Crippen molar-refractivity contribution in [1.82, 2.24) is 0 Å². The van der Waals surface area contributed by atoms with Crippen LogP contribution in [0.25, 0.3) is 10.8 Å². The van der Waals surface area contributed by atoms with E-state index in [1.54, 1.807) is 0 Å². The zero-order valence-corrected chi connectivity index (χ0v) is 11.0. The van der Waals surface area contributed by atoms with Gasteiger partial charge < -0.3 is 15.6 Å². The van der Waals surface area contributed by atoms with Crippen LogP contribution in [0.3, 0.4) is 0 Å². The average Bonchev–Trinajstić information content (AvgIpc) is 2.83. The number of amides is 1. The van der Waals surface area contributed by atoms with Gasteiger partial charge in [-0.3, -0.25) is 4.79 Å². The van der Waals surface area contributed by atoms with E-state index in [0.29, 0.717) is 17.7 Å². The molecule has 1 aliphatic carbocycles. The average molecular weight is 270 g/mol. The first-order chi connectivity index (χ1) is 9.63. The summed E-state index contributed by atoms with van der Waals surface area (Å²) in [6.45, 7) is 0. The maximum atomic E-state index is 11.6. The van der Waals surface area contributed by atoms with Crippen molar-refractivity contribution in [2.24, 2.45) is 5.73 Å². The Kier molecular flexibility index (Phi) is 3.32. The van der Waals surface area contributed by atoms with Crippen LogP contribution >= 0.6 is 0 Å². The number of hydrogen-bond acceptors (Lipinski definition) is 3. The highest BCUT2D eigenvalue weighted by Crippen LogP contribution is 2.28. The van der Waals surface area contributed by atoms with Gasteiger partial charge in [0.25, 0.3) is 0 Å². The van der Waals surface area contributed by atoms with Crippen molar-refractivity contribution in [3.05, 3.63) is 42.0 Å². The molecule has 0 aliphatic heterocycles. The largest absolute Gasteiger partial charge is 0.490 e. The molecule has 3 rings (SSSR count). The lowest BCUT2D eigenvalue weighted by molar-refractivity contribution is 0.1000. The molecule has 0 saturated heterocycles. The molecule has 0 heterocycles. The number of benzene rings is 2. The molecule has 2 aromatic rings. The maximum absolute atomic E-state index is 11.6. The summed E-state index contributed by atoms with van der Waals surface area (Å²) in [6, 6.07) is 12.3. The summed E-state index contributed by atoms with van der Waals surface area (Å²) in [7, 11) is 0. The van der Waals surface area contributed by atoms with Crippen LogP contribution in [-0.4, -0.2) is 23.2 Å². The first kappa shape index (κ1) is 12.9. The molecule has 0 spiro atoms. The van der Waals surface area contributed by atoms with Crippen molar-refractivity contribution in [3.63, 3.8) is 0 Å². The van der Waals surface area contributed by atoms with Gasteiger partial charge in [-0.05, 0) is 29.7 Å². The predicted molar refractivity (Wildman–Crippen MR) is 75.6 cm³/mol. The molecule has 1 radical (unpaired) electrons. The van der Waals surface area contributed by atoms with Crippen LogP contribution in [0.5, 0.6) is 5.75 Å². The highest BCUT2D eigenvalue weighted by Gasteiger charge is 2.24. The van der Waals surface area contributed by atoms with Crippen LogP contribution in [0.2, 0.25) is 0 Å². The molecular formula is C16H16NO3. The Labute approximate surface area is 117 Å². The van der Waals surface area contributed by atoms with E-state index in [4.69, 9.17) is 10.5 Å². The minimum Gasteiger partial charge on any atom is -0.490 e. The lowest BCUT2D eigenvalue weighted by Gasteiger charge is -2.14. The topological polar surface area (TPSA) is 72.6 Å². The Hall–Kier alpha value is -2.07. The first-order valence-electron chi connectivity index (χ1n) is 6.73. The molecule has 2 aromatic carbocycles. The fourth-order valence-corrected chi connectivity index (χ4v) is 2.68. The molecule has 0 bridgehead atoms. The highest BCUT2D eigenvalue weighted by atomic mass is 16.5. The SMILES string of the molecule is NC(=O)c1[c]c(OC2CCC(O)C2)cc2ccccc12. The van der Waals surface area contributed by atoms with Crippen LogP contribution in [0.15, 0.2) is 30.3 Å². The number of aliphatic hydroxyl groups is 1. The third kappa shape index (κ3) is 2.47. The molecule has 0 aromatic heterocycles. The van der Waals surface area contributed by atoms with Crippen molar-refractivity contribution in [3.8, 4) is 5.75 Å². The molecule has 4 nitrogen and oxygen atoms in total. The fourth-order valence-electron chi connectivity index (χ4n) is 2.68. The number of rotatable bonds is 3. The zero-order valence-electron chi connectivity index (χ0n) is 11.0. The molecule has 2 unspecified atom stereocenters. The van der Waals surface area contributed by atoms with Gasteiger partial charge >= 0.3 is 0 Å². The van der Waals surface area contributed by atoms with Crippen molar-refractivity contribution < 1.29 is 14.6 Å². The van der Waals surface area contributed by atoms with Crippen molar-refractivity contribution in [2.45, 2.75) is 31.5 Å². The van der Waals surface area contributed by atoms with Gasteiger partial charge in [-0.1, -0.05) is 24.3 Å². The second-order valence-electron chi connectivity index (χ2n) is 5.17. The molecule has 1 saturated carbocycles. The zero-order chi connectivity index (χ0) is 14.1. The molecule has 20 heavy (non-hydrogen) atoms. The quantitative estimate of drug-likeness (QED) is 0.896. The van der Waals surface area contributed by atoms with E-state index >= 15 is 0 Å². The summed E-state index contributed by atoms with van der Waals surface area (Å²) in [5.41, 5.74) is 5.76. The lowest BCUT2D eigenvalue weighted by atomic mass is 10.0. The second kappa shape index (κ2) is 5.13. The van der Waals surface area contributed by atoms with Crippen molar-refractivity contribution in [2.75, 3.05) is 0 Å². The van der Waals surface area contributed by atoms with E-state index in [-0.39, 0.29) is 12.2 Å². The van der Waals surface area contributed by atoms with E-state index in [9.17, 15) is 9.90 Å². The van der Waals surface area contributed by atoms with Gasteiger partial charge in [0, 0.05) is 12.5 Å². The monoisotopic (exact) mass is 270 g/mol. The number of aliphatic hydroxyl groups excluding tert-OH is 1. The number of carbonyl (C=O) groups is 1. The van der Waals surface area contributed by atoms with Crippen LogP contribution in [0, 0.1) is 6.07 Å². The molecular weight excluding hydrogens is 254 g/mol. The Bertz CT molecular complexity index is 653. The molecule has 103 valence electrons. The number of ether oxygens (including phenoxy) is 1. The maximum Gasteiger partial charge on any atom is 0.250 e. The van der Waals surface area contributed by atoms with Gasteiger partial charge in [0.2, 0.25) is 5.91 Å². The Balaban J connectivity index is 1.97. The van der Waals surface area contributed by atoms with Crippen LogP contribution in [0.4, 0.5) is 0 Å². The second-order valence-corrected chi connectivity index (χ2v) is 5.17. The summed E-state index contributed by atoms with van der Waals surface area (Å²) in [5, 5.41) is 11.2. The van der Waals surface area contributed by atoms with E-state index in [0.717, 1.165) is 23.6 Å². The summed E-state index contributed by atoms with van der Waals surface area (Å²) in [4.78, 5) is 11.6. The molecule has 3 N–H and O–H groups in total. The molecule has 1 fully saturated rings. The molecule has 4 heteroatoms. The van der Waals surface area contributed by atoms with Crippen molar-refractivity contribution >= 4 is 16.7 Å². The van der Waals surface area contributed by atoms with Gasteiger partial charge in [0.05, 0.1) is 11.7 Å². The highest BCUT2D eigenvalue weighted by molar-refractivity contribution is 6.06. The lowest BCUT2D eigenvalue weighted by Crippen LogP contribution is -2.15. The van der Waals surface area contributed by atoms with Gasteiger partial charge in [0.1, 0.15) is 11.9 Å². The number of nitrogens with two attached hydrogens (primary N) is 1. The van der Waals surface area contributed by atoms with E-state index < -0.39 is 5.91 Å². The Morgan fingerprint density at radius 1 is 1.35 bits per heavy atom. The number of primary amides is 1. The number of hydrogen-bond donors (Lipinski definition) is 2. The summed E-state index contributed by atoms with van der Waals surface area (Å²) >= 11 is 0. The van der Waals surface area contributed by atoms with Gasteiger partial charge in [-0.25, -0.2) is 0 Å². The summed E-state index contributed by atoms with van der Waals surface area (Å²) < 4.78 is 5.82. The third-order valence-electron chi connectivity index (χ3n) is 3.66. The van der Waals surface area contributed by atoms with Crippen LogP contribution in [-0.2, 0) is 0 Å². The fraction of sp³-hybridized carbons (Fsp3) is 0.312. The van der Waals surface area contributed by atoms with Gasteiger partial charge in [-0.15, -0.1) is 0 Å². The number of fused-ring (bicyclic) bond motifs is 1. The first-order valence-corrected chi connectivity index (χ1v) is 6.73. The van der Waals surface area contributed by atoms with Crippen molar-refractivity contribution in [1.29, 1.82) is 0 Å². The van der Waals surface area contributed by atoms with Crippen LogP contribution < -0.4 is 10.5 Å². The summed E-state index contributed by atoms with van der Waals surface area (Å²) in [5.74, 6) is -0.00490. The Morgan fingerprint density at radius 3 is 2.85 bits per heavy atom. The third-order valence-corrected chi connectivity index (χ3v) is 3.66. The predicted octanol–water partition coefficient (Wildman–Crippen LogP) is 2.03. The molecule has 1 aliphatic rings. The van der Waals surface area contributed by atoms with Gasteiger partial charge in [0.15, 0.2) is 0 Å². The number of carbonyl (C=O) groups excluding carboxylic acids is 1.